The number of piperidine rings is 1. The maximum Gasteiger partial charge on any atom is 0.237 e. The molecule has 2 fully saturated rings. The highest BCUT2D eigenvalue weighted by molar-refractivity contribution is 7.09. The van der Waals surface area contributed by atoms with Gasteiger partial charge in [-0.25, -0.2) is 4.98 Å². The van der Waals surface area contributed by atoms with Crippen LogP contribution in [0.15, 0.2) is 5.38 Å². The number of carbonyl (C=O) groups is 1. The molecule has 2 saturated heterocycles. The number of aryl methyl sites for hydroxylation is 1. The Morgan fingerprint density at radius 2 is 2.23 bits per heavy atom. The number of carbonyl (C=O) groups excluding carboxylic acids is 1. The van der Waals surface area contributed by atoms with Crippen LogP contribution >= 0.6 is 36.2 Å². The van der Waals surface area contributed by atoms with Gasteiger partial charge < -0.3 is 10.6 Å². The number of likely N-dealkylation sites (tertiary alicyclic amines) is 1. The van der Waals surface area contributed by atoms with Gasteiger partial charge in [0.1, 0.15) is 0 Å². The van der Waals surface area contributed by atoms with E-state index in [1.54, 1.807) is 11.3 Å². The number of hydrogen-bond acceptors (Lipinski definition) is 5. The summed E-state index contributed by atoms with van der Waals surface area (Å²) in [5.74, 6) is 0.756. The first-order valence-corrected chi connectivity index (χ1v) is 10.3. The summed E-state index contributed by atoms with van der Waals surface area (Å²) in [6, 6.07) is 0.0386. The Kier molecular flexibility index (Phi) is 11.0. The fourth-order valence-corrected chi connectivity index (χ4v) is 4.61. The lowest BCUT2D eigenvalue weighted by molar-refractivity contribution is -0.123. The molecule has 0 aromatic carbocycles. The molecule has 1 aromatic heterocycles. The van der Waals surface area contributed by atoms with Crippen LogP contribution in [0.4, 0.5) is 0 Å². The summed E-state index contributed by atoms with van der Waals surface area (Å²) in [7, 11) is 0. The van der Waals surface area contributed by atoms with Crippen molar-refractivity contribution >= 4 is 42.1 Å². The molecule has 0 bridgehead atoms. The Morgan fingerprint density at radius 3 is 2.96 bits per heavy atom. The van der Waals surface area contributed by atoms with Gasteiger partial charge in [-0.15, -0.1) is 36.2 Å². The fraction of sp³-hybridized carbons (Fsp3) is 0.778. The first-order valence-electron chi connectivity index (χ1n) is 9.41. The van der Waals surface area contributed by atoms with Gasteiger partial charge in [-0.05, 0) is 57.5 Å². The van der Waals surface area contributed by atoms with Crippen molar-refractivity contribution in [3.05, 3.63) is 16.1 Å². The second kappa shape index (κ2) is 12.1. The minimum Gasteiger partial charge on any atom is -0.354 e. The van der Waals surface area contributed by atoms with Gasteiger partial charge >= 0.3 is 0 Å². The van der Waals surface area contributed by atoms with Gasteiger partial charge in [-0.3, -0.25) is 9.69 Å². The average Bonchev–Trinajstić information content (AvgIpc) is 3.26. The number of aromatic nitrogens is 1. The molecule has 5 nitrogen and oxygen atoms in total. The summed E-state index contributed by atoms with van der Waals surface area (Å²) in [6.07, 6.45) is 6.78. The lowest BCUT2D eigenvalue weighted by atomic mass is 9.97. The number of amides is 1. The zero-order chi connectivity index (χ0) is 16.8. The number of nitrogens with one attached hydrogen (secondary N) is 2. The summed E-state index contributed by atoms with van der Waals surface area (Å²) in [6.45, 7) is 7.16. The molecule has 1 amide bonds. The van der Waals surface area contributed by atoms with E-state index in [-0.39, 0.29) is 36.8 Å². The van der Waals surface area contributed by atoms with E-state index in [0.29, 0.717) is 5.92 Å². The molecule has 3 heterocycles. The average molecular weight is 423 g/mol. The molecular formula is C18H32Cl2N4OS. The maximum absolute atomic E-state index is 12.1. The van der Waals surface area contributed by atoms with Crippen molar-refractivity contribution in [2.75, 3.05) is 26.2 Å². The SMILES string of the molecule is CCCc1nc(CN2CCCC(CNC(=O)C3CCCN3)C2)cs1.Cl.Cl. The van der Waals surface area contributed by atoms with Gasteiger partial charge in [0.25, 0.3) is 0 Å². The van der Waals surface area contributed by atoms with Crippen LogP contribution in [0.25, 0.3) is 0 Å². The fourth-order valence-electron chi connectivity index (χ4n) is 3.72. The van der Waals surface area contributed by atoms with E-state index in [1.807, 2.05) is 0 Å². The monoisotopic (exact) mass is 422 g/mol. The molecule has 8 heteroatoms. The van der Waals surface area contributed by atoms with E-state index in [1.165, 1.54) is 23.5 Å². The van der Waals surface area contributed by atoms with Crippen LogP contribution in [0.1, 0.15) is 49.7 Å². The Morgan fingerprint density at radius 1 is 1.38 bits per heavy atom. The van der Waals surface area contributed by atoms with Crippen LogP contribution in [0.2, 0.25) is 0 Å². The molecule has 2 aliphatic heterocycles. The topological polar surface area (TPSA) is 57.3 Å². The van der Waals surface area contributed by atoms with E-state index >= 15 is 0 Å². The molecule has 0 spiro atoms. The Hall–Kier alpha value is -0.400. The van der Waals surface area contributed by atoms with Crippen molar-refractivity contribution in [2.45, 2.75) is 58.0 Å². The van der Waals surface area contributed by atoms with Crippen molar-refractivity contribution in [1.82, 2.24) is 20.5 Å². The predicted molar refractivity (Wildman–Crippen MR) is 113 cm³/mol. The number of thiazole rings is 1. The van der Waals surface area contributed by atoms with Crippen LogP contribution in [0, 0.1) is 5.92 Å². The van der Waals surface area contributed by atoms with E-state index in [2.05, 4.69) is 27.8 Å². The third kappa shape index (κ3) is 6.97. The molecule has 0 saturated carbocycles. The molecule has 3 rings (SSSR count). The molecule has 2 aliphatic rings. The molecule has 150 valence electrons. The summed E-state index contributed by atoms with van der Waals surface area (Å²) in [4.78, 5) is 19.4. The highest BCUT2D eigenvalue weighted by Gasteiger charge is 2.24. The van der Waals surface area contributed by atoms with Crippen molar-refractivity contribution in [2.24, 2.45) is 5.92 Å². The molecular weight excluding hydrogens is 391 g/mol. The minimum atomic E-state index is 0. The Balaban J connectivity index is 0.00000169. The van der Waals surface area contributed by atoms with E-state index in [9.17, 15) is 4.79 Å². The van der Waals surface area contributed by atoms with Gasteiger partial charge in [-0.1, -0.05) is 6.92 Å². The van der Waals surface area contributed by atoms with Gasteiger partial charge in [0.05, 0.1) is 16.7 Å². The predicted octanol–water partition coefficient (Wildman–Crippen LogP) is 3.02. The first-order chi connectivity index (χ1) is 11.7. The smallest absolute Gasteiger partial charge is 0.237 e. The molecule has 0 radical (unpaired) electrons. The zero-order valence-electron chi connectivity index (χ0n) is 15.5. The number of nitrogens with zero attached hydrogens (tertiary/aromatic N) is 2. The van der Waals surface area contributed by atoms with Gasteiger partial charge in [0, 0.05) is 25.0 Å². The molecule has 2 N–H and O–H groups in total. The molecule has 2 atom stereocenters. The normalized spacial score (nSPS) is 23.1. The van der Waals surface area contributed by atoms with Crippen molar-refractivity contribution in [3.63, 3.8) is 0 Å². The zero-order valence-corrected chi connectivity index (χ0v) is 18.0. The quantitative estimate of drug-likeness (QED) is 0.708. The summed E-state index contributed by atoms with van der Waals surface area (Å²) < 4.78 is 0. The van der Waals surface area contributed by atoms with Gasteiger partial charge in [0.15, 0.2) is 0 Å². The molecule has 2 unspecified atom stereocenters. The maximum atomic E-state index is 12.1. The second-order valence-corrected chi connectivity index (χ2v) is 8.06. The van der Waals surface area contributed by atoms with E-state index < -0.39 is 0 Å². The number of halogens is 2. The molecule has 26 heavy (non-hydrogen) atoms. The van der Waals surface area contributed by atoms with Crippen molar-refractivity contribution in [3.8, 4) is 0 Å². The molecule has 0 aliphatic carbocycles. The van der Waals surface area contributed by atoms with Crippen LogP contribution in [-0.4, -0.2) is 48.0 Å². The van der Waals surface area contributed by atoms with Crippen LogP contribution in [-0.2, 0) is 17.8 Å². The van der Waals surface area contributed by atoms with E-state index in [4.69, 9.17) is 4.98 Å². The third-order valence-electron chi connectivity index (χ3n) is 4.99. The lowest BCUT2D eigenvalue weighted by Crippen LogP contribution is -2.45. The highest BCUT2D eigenvalue weighted by atomic mass is 35.5. The van der Waals surface area contributed by atoms with Crippen molar-refractivity contribution < 1.29 is 4.79 Å². The number of rotatable bonds is 7. The first kappa shape index (κ1) is 23.6. The van der Waals surface area contributed by atoms with Gasteiger partial charge in [-0.2, -0.15) is 0 Å². The molecule has 1 aromatic rings. The van der Waals surface area contributed by atoms with Crippen LogP contribution < -0.4 is 10.6 Å². The van der Waals surface area contributed by atoms with Crippen LogP contribution in [0.5, 0.6) is 0 Å². The Labute approximate surface area is 173 Å². The lowest BCUT2D eigenvalue weighted by Gasteiger charge is -2.32. The Bertz CT molecular complexity index is 537. The third-order valence-corrected chi connectivity index (χ3v) is 5.95. The van der Waals surface area contributed by atoms with Crippen LogP contribution in [0.3, 0.4) is 0 Å². The largest absolute Gasteiger partial charge is 0.354 e. The number of hydrogen-bond donors (Lipinski definition) is 2. The van der Waals surface area contributed by atoms with Gasteiger partial charge in [0.2, 0.25) is 5.91 Å². The summed E-state index contributed by atoms with van der Waals surface area (Å²) >= 11 is 1.79. The standard InChI is InChI=1S/C18H30N4OS.2ClH/c1-2-5-17-21-15(13-24-17)12-22-9-4-6-14(11-22)10-20-18(23)16-7-3-8-19-16;;/h13-14,16,19H,2-12H2,1H3,(H,20,23);2*1H. The van der Waals surface area contributed by atoms with Crippen molar-refractivity contribution in [1.29, 1.82) is 0 Å². The summed E-state index contributed by atoms with van der Waals surface area (Å²) in [5.41, 5.74) is 1.21. The summed E-state index contributed by atoms with van der Waals surface area (Å²) in [5, 5.41) is 9.90. The highest BCUT2D eigenvalue weighted by Crippen LogP contribution is 2.20. The second-order valence-electron chi connectivity index (χ2n) is 7.12. The minimum absolute atomic E-state index is 0. The van der Waals surface area contributed by atoms with E-state index in [0.717, 1.165) is 58.4 Å².